The monoisotopic (exact) mass is 248 g/mol. The lowest BCUT2D eigenvalue weighted by molar-refractivity contribution is 0.500. The summed E-state index contributed by atoms with van der Waals surface area (Å²) in [5.74, 6) is 1.60. The van der Waals surface area contributed by atoms with Crippen molar-refractivity contribution in [3.8, 4) is 0 Å². The van der Waals surface area contributed by atoms with Crippen LogP contribution in [0.25, 0.3) is 0 Å². The molecule has 0 aliphatic carbocycles. The molecule has 2 rings (SSSR count). The second-order valence-electron chi connectivity index (χ2n) is 3.60. The third-order valence-electron chi connectivity index (χ3n) is 2.34. The number of hydrogen-bond donors (Lipinski definition) is 2. The number of rotatable bonds is 5. The van der Waals surface area contributed by atoms with Gasteiger partial charge in [-0.05, 0) is 12.1 Å². The summed E-state index contributed by atoms with van der Waals surface area (Å²) in [4.78, 5) is 4.11. The highest BCUT2D eigenvalue weighted by Gasteiger charge is 1.99. The minimum atomic E-state index is 0.607. The van der Waals surface area contributed by atoms with Crippen LogP contribution in [0.5, 0.6) is 0 Å². The molecule has 2 heterocycles. The second-order valence-corrected chi connectivity index (χ2v) is 3.60. The molecule has 0 bridgehead atoms. The Morgan fingerprint density at radius 2 is 2.44 bits per heavy atom. The molecule has 0 aliphatic rings. The number of nitrogens with one attached hydrogen (secondary N) is 2. The van der Waals surface area contributed by atoms with Crippen molar-refractivity contribution in [3.63, 3.8) is 0 Å². The fourth-order valence-corrected chi connectivity index (χ4v) is 1.45. The maximum Gasteiger partial charge on any atom is 0.191 e. The van der Waals surface area contributed by atoms with Crippen molar-refractivity contribution in [2.24, 2.45) is 4.99 Å². The minimum Gasteiger partial charge on any atom is -0.467 e. The van der Waals surface area contributed by atoms with E-state index in [2.05, 4.69) is 25.9 Å². The Morgan fingerprint density at radius 3 is 3.11 bits per heavy atom. The van der Waals surface area contributed by atoms with Crippen LogP contribution in [0.4, 0.5) is 0 Å². The number of guanidine groups is 1. The zero-order valence-electron chi connectivity index (χ0n) is 10.2. The highest BCUT2D eigenvalue weighted by atomic mass is 16.3. The predicted molar refractivity (Wildman–Crippen MR) is 66.9 cm³/mol. The van der Waals surface area contributed by atoms with Crippen LogP contribution in [0.1, 0.15) is 5.76 Å². The lowest BCUT2D eigenvalue weighted by atomic mass is 10.4. The summed E-state index contributed by atoms with van der Waals surface area (Å²) < 4.78 is 6.98. The predicted octanol–water partition coefficient (Wildman–Crippen LogP) is 0.236. The van der Waals surface area contributed by atoms with Crippen LogP contribution in [-0.2, 0) is 13.1 Å². The highest BCUT2D eigenvalue weighted by Crippen LogP contribution is 1.97. The van der Waals surface area contributed by atoms with Crippen molar-refractivity contribution >= 4 is 5.96 Å². The molecule has 0 amide bonds. The number of nitrogens with zero attached hydrogens (tertiary/aromatic N) is 4. The summed E-state index contributed by atoms with van der Waals surface area (Å²) in [5, 5.41) is 13.9. The molecule has 7 nitrogen and oxygen atoms in total. The van der Waals surface area contributed by atoms with Crippen molar-refractivity contribution in [3.05, 3.63) is 36.5 Å². The normalized spacial score (nSPS) is 11.5. The van der Waals surface area contributed by atoms with E-state index in [1.54, 1.807) is 24.2 Å². The fourth-order valence-electron chi connectivity index (χ4n) is 1.45. The van der Waals surface area contributed by atoms with Gasteiger partial charge >= 0.3 is 0 Å². The van der Waals surface area contributed by atoms with Crippen LogP contribution in [0, 0.1) is 0 Å². The molecule has 2 N–H and O–H groups in total. The molecule has 18 heavy (non-hydrogen) atoms. The summed E-state index contributed by atoms with van der Waals surface area (Å²) >= 11 is 0. The number of aliphatic imine (C=N–C) groups is 1. The molecule has 0 unspecified atom stereocenters. The van der Waals surface area contributed by atoms with Crippen molar-refractivity contribution in [2.45, 2.75) is 13.1 Å². The second kappa shape index (κ2) is 6.43. The van der Waals surface area contributed by atoms with Crippen LogP contribution in [-0.4, -0.2) is 34.5 Å². The van der Waals surface area contributed by atoms with E-state index < -0.39 is 0 Å². The average Bonchev–Trinajstić information content (AvgIpc) is 3.06. The van der Waals surface area contributed by atoms with E-state index in [0.29, 0.717) is 6.54 Å². The Labute approximate surface area is 105 Å². The van der Waals surface area contributed by atoms with E-state index in [-0.39, 0.29) is 0 Å². The van der Waals surface area contributed by atoms with Crippen molar-refractivity contribution in [1.29, 1.82) is 0 Å². The topological polar surface area (TPSA) is 80.3 Å². The van der Waals surface area contributed by atoms with Gasteiger partial charge in [-0.1, -0.05) is 5.21 Å². The smallest absolute Gasteiger partial charge is 0.191 e. The summed E-state index contributed by atoms with van der Waals surface area (Å²) in [7, 11) is 1.73. The Bertz CT molecular complexity index is 462. The molecule has 0 fully saturated rings. The minimum absolute atomic E-state index is 0.607. The van der Waals surface area contributed by atoms with Gasteiger partial charge in [-0.2, -0.15) is 0 Å². The van der Waals surface area contributed by atoms with E-state index >= 15 is 0 Å². The van der Waals surface area contributed by atoms with E-state index in [4.69, 9.17) is 4.42 Å². The molecule has 0 aliphatic heterocycles. The fraction of sp³-hybridized carbons (Fsp3) is 0.364. The van der Waals surface area contributed by atoms with Crippen LogP contribution in [0.15, 0.2) is 40.2 Å². The van der Waals surface area contributed by atoms with Crippen molar-refractivity contribution in [1.82, 2.24) is 25.6 Å². The molecular weight excluding hydrogens is 232 g/mol. The SMILES string of the molecule is CN=C(NCCn1ccnn1)NCc1ccco1. The van der Waals surface area contributed by atoms with Crippen LogP contribution >= 0.6 is 0 Å². The van der Waals surface area contributed by atoms with Gasteiger partial charge in [0, 0.05) is 19.8 Å². The first-order valence-corrected chi connectivity index (χ1v) is 5.69. The van der Waals surface area contributed by atoms with E-state index in [9.17, 15) is 0 Å². The first-order chi connectivity index (χ1) is 8.88. The molecule has 0 aromatic carbocycles. The van der Waals surface area contributed by atoms with Crippen LogP contribution in [0.2, 0.25) is 0 Å². The molecule has 0 radical (unpaired) electrons. The van der Waals surface area contributed by atoms with Gasteiger partial charge in [0.1, 0.15) is 5.76 Å². The maximum absolute atomic E-state index is 5.22. The Morgan fingerprint density at radius 1 is 1.50 bits per heavy atom. The van der Waals surface area contributed by atoms with Gasteiger partial charge in [-0.25, -0.2) is 0 Å². The molecule has 0 spiro atoms. The third-order valence-corrected chi connectivity index (χ3v) is 2.34. The molecule has 2 aromatic rings. The zero-order chi connectivity index (χ0) is 12.6. The van der Waals surface area contributed by atoms with Crippen LogP contribution < -0.4 is 10.6 Å². The maximum atomic E-state index is 5.22. The Kier molecular flexibility index (Phi) is 4.34. The van der Waals surface area contributed by atoms with Gasteiger partial charge in [-0.3, -0.25) is 9.67 Å². The van der Waals surface area contributed by atoms with Crippen LogP contribution in [0.3, 0.4) is 0 Å². The molecule has 0 saturated heterocycles. The Hall–Kier alpha value is -2.31. The van der Waals surface area contributed by atoms with Gasteiger partial charge in [0.2, 0.25) is 0 Å². The van der Waals surface area contributed by atoms with Gasteiger partial charge in [0.25, 0.3) is 0 Å². The zero-order valence-corrected chi connectivity index (χ0v) is 10.2. The standard InChI is InChI=1S/C11H16N6O/c1-12-11(14-9-10-3-2-8-18-10)13-4-6-17-7-5-15-16-17/h2-3,5,7-8H,4,6,9H2,1H3,(H2,12,13,14). The quantitative estimate of drug-likeness (QED) is 0.585. The van der Waals surface area contributed by atoms with Crippen molar-refractivity contribution in [2.75, 3.05) is 13.6 Å². The molecule has 0 saturated carbocycles. The number of aromatic nitrogens is 3. The van der Waals surface area contributed by atoms with E-state index in [0.717, 1.165) is 24.8 Å². The summed E-state index contributed by atoms with van der Waals surface area (Å²) in [6, 6.07) is 3.77. The molecule has 96 valence electrons. The first kappa shape index (κ1) is 12.2. The van der Waals surface area contributed by atoms with Gasteiger partial charge in [-0.15, -0.1) is 5.10 Å². The highest BCUT2D eigenvalue weighted by molar-refractivity contribution is 5.79. The van der Waals surface area contributed by atoms with Crippen molar-refractivity contribution < 1.29 is 4.42 Å². The lowest BCUT2D eigenvalue weighted by Crippen LogP contribution is -2.38. The van der Waals surface area contributed by atoms with E-state index in [1.807, 2.05) is 18.3 Å². The lowest BCUT2D eigenvalue weighted by Gasteiger charge is -2.10. The summed E-state index contributed by atoms with van der Waals surface area (Å²) in [6.45, 7) is 2.07. The van der Waals surface area contributed by atoms with E-state index in [1.165, 1.54) is 0 Å². The van der Waals surface area contributed by atoms with Gasteiger partial charge < -0.3 is 15.1 Å². The third kappa shape index (κ3) is 3.62. The first-order valence-electron chi connectivity index (χ1n) is 5.69. The average molecular weight is 248 g/mol. The number of hydrogen-bond acceptors (Lipinski definition) is 4. The van der Waals surface area contributed by atoms with Gasteiger partial charge in [0.05, 0.1) is 25.5 Å². The molecule has 2 aromatic heterocycles. The largest absolute Gasteiger partial charge is 0.467 e. The molecule has 0 atom stereocenters. The van der Waals surface area contributed by atoms with Gasteiger partial charge in [0.15, 0.2) is 5.96 Å². The molecule has 7 heteroatoms. The summed E-state index contributed by atoms with van der Waals surface area (Å²) in [6.07, 6.45) is 5.13. The molecular formula is C11H16N6O. The summed E-state index contributed by atoms with van der Waals surface area (Å²) in [5.41, 5.74) is 0. The number of furan rings is 1. The Balaban J connectivity index is 1.69.